The molecule has 1 radical (unpaired) electrons. The lowest BCUT2D eigenvalue weighted by atomic mass is 10.9. The molecule has 0 aromatic heterocycles. The van der Waals surface area contributed by atoms with E-state index < -0.39 is 0 Å². The molecule has 0 aliphatic carbocycles. The van der Waals surface area contributed by atoms with Gasteiger partial charge in [-0.15, -0.1) is 0 Å². The third kappa shape index (κ3) is 5.79. The van der Waals surface area contributed by atoms with E-state index in [0.717, 1.165) is 11.8 Å². The highest BCUT2D eigenvalue weighted by Gasteiger charge is 1.98. The molecule has 0 saturated carbocycles. The first-order valence-corrected chi connectivity index (χ1v) is 3.85. The van der Waals surface area contributed by atoms with Gasteiger partial charge in [0.1, 0.15) is 0 Å². The number of carbonyl (C=O) groups is 1. The largest absolute Gasteiger partial charge is 0.458 e. The summed E-state index contributed by atoms with van der Waals surface area (Å²) in [7, 11) is 0. The van der Waals surface area contributed by atoms with Crippen LogP contribution in [0.25, 0.3) is 0 Å². The highest BCUT2D eigenvalue weighted by Crippen LogP contribution is 2.02. The summed E-state index contributed by atoms with van der Waals surface area (Å²) in [6, 6.07) is 0. The average Bonchev–Trinajstić information content (AvgIpc) is 1.85. The van der Waals surface area contributed by atoms with Crippen molar-refractivity contribution in [3.05, 3.63) is 0 Å². The molecule has 0 N–H and O–H groups in total. The van der Waals surface area contributed by atoms with Crippen molar-refractivity contribution in [3.8, 4) is 0 Å². The lowest BCUT2D eigenvalue weighted by Gasteiger charge is -1.95. The molecular formula is C5H7O2S2. The molecule has 0 amide bonds. The minimum atomic E-state index is -0.283. The van der Waals surface area contributed by atoms with E-state index in [0.29, 0.717) is 12.4 Å². The zero-order valence-electron chi connectivity index (χ0n) is 5.05. The van der Waals surface area contributed by atoms with Crippen LogP contribution < -0.4 is 0 Å². The third-order valence-corrected chi connectivity index (χ3v) is 1.48. The van der Waals surface area contributed by atoms with Crippen molar-refractivity contribution in [1.82, 2.24) is 0 Å². The lowest BCUT2D eigenvalue weighted by Crippen LogP contribution is -1.96. The quantitative estimate of drug-likeness (QED) is 0.468. The Morgan fingerprint density at radius 3 is 3.00 bits per heavy atom. The summed E-state index contributed by atoms with van der Waals surface area (Å²) in [5.74, 6) is 0.425. The van der Waals surface area contributed by atoms with Gasteiger partial charge < -0.3 is 4.74 Å². The molecule has 0 aromatic rings. The van der Waals surface area contributed by atoms with Crippen LogP contribution in [0.1, 0.15) is 6.92 Å². The SMILES string of the molecule is CCOC(=O)SC[C]=S. The van der Waals surface area contributed by atoms with Crippen LogP contribution in [-0.2, 0) is 4.74 Å². The molecule has 0 heterocycles. The summed E-state index contributed by atoms with van der Waals surface area (Å²) in [6.45, 7) is 2.18. The van der Waals surface area contributed by atoms with Gasteiger partial charge in [-0.25, -0.2) is 4.79 Å². The molecule has 0 rings (SSSR count). The molecular weight excluding hydrogens is 156 g/mol. The second-order valence-corrected chi connectivity index (χ2v) is 2.32. The molecule has 0 spiro atoms. The topological polar surface area (TPSA) is 26.3 Å². The first-order valence-electron chi connectivity index (χ1n) is 2.45. The van der Waals surface area contributed by atoms with Crippen LogP contribution in [0, 0.1) is 0 Å². The second-order valence-electron chi connectivity index (χ2n) is 1.12. The molecule has 51 valence electrons. The van der Waals surface area contributed by atoms with Gasteiger partial charge >= 0.3 is 5.30 Å². The fourth-order valence-corrected chi connectivity index (χ4v) is 0.803. The Hall–Kier alpha value is -0.0900. The molecule has 0 aliphatic heterocycles. The summed E-state index contributed by atoms with van der Waals surface area (Å²) >= 11 is 5.40. The van der Waals surface area contributed by atoms with E-state index >= 15 is 0 Å². The van der Waals surface area contributed by atoms with E-state index in [4.69, 9.17) is 0 Å². The molecule has 0 unspecified atom stereocenters. The average molecular weight is 163 g/mol. The van der Waals surface area contributed by atoms with Crippen LogP contribution in [0.15, 0.2) is 0 Å². The van der Waals surface area contributed by atoms with Crippen molar-refractivity contribution >= 4 is 34.6 Å². The van der Waals surface area contributed by atoms with E-state index in [1.54, 1.807) is 6.92 Å². The van der Waals surface area contributed by atoms with Crippen LogP contribution in [0.4, 0.5) is 4.79 Å². The fourth-order valence-electron chi connectivity index (χ4n) is 0.248. The van der Waals surface area contributed by atoms with Crippen molar-refractivity contribution in [2.24, 2.45) is 0 Å². The molecule has 0 aromatic carbocycles. The monoisotopic (exact) mass is 163 g/mol. The van der Waals surface area contributed by atoms with Crippen molar-refractivity contribution in [2.75, 3.05) is 12.4 Å². The zero-order chi connectivity index (χ0) is 7.11. The number of thioether (sulfide) groups is 1. The number of rotatable bonds is 3. The number of hydrogen-bond donors (Lipinski definition) is 0. The van der Waals surface area contributed by atoms with Gasteiger partial charge in [0.25, 0.3) is 0 Å². The van der Waals surface area contributed by atoms with Gasteiger partial charge in [0.15, 0.2) is 0 Å². The van der Waals surface area contributed by atoms with E-state index in [-0.39, 0.29) is 5.30 Å². The van der Waals surface area contributed by atoms with Crippen LogP contribution in [0.5, 0.6) is 0 Å². The van der Waals surface area contributed by atoms with Crippen molar-refractivity contribution in [3.63, 3.8) is 0 Å². The third-order valence-electron chi connectivity index (χ3n) is 0.511. The van der Waals surface area contributed by atoms with Gasteiger partial charge in [0.05, 0.1) is 6.61 Å². The van der Waals surface area contributed by atoms with E-state index in [9.17, 15) is 4.79 Å². The predicted molar refractivity (Wildman–Crippen MR) is 42.1 cm³/mol. The van der Waals surface area contributed by atoms with Crippen LogP contribution in [0.2, 0.25) is 0 Å². The normalized spacial score (nSPS) is 8.56. The molecule has 0 atom stereocenters. The maximum Gasteiger partial charge on any atom is 0.367 e. The van der Waals surface area contributed by atoms with E-state index in [1.165, 1.54) is 0 Å². The van der Waals surface area contributed by atoms with E-state index in [2.05, 4.69) is 22.3 Å². The number of ether oxygens (including phenoxy) is 1. The standard InChI is InChI=1S/C5H7O2S2/c1-2-7-5(6)9-4-3-8/h2,4H2,1H3. The Morgan fingerprint density at radius 1 is 1.89 bits per heavy atom. The minimum Gasteiger partial charge on any atom is -0.458 e. The maximum atomic E-state index is 10.5. The number of thiocarbonyl (C=S) groups is 1. The fraction of sp³-hybridized carbons (Fsp3) is 0.600. The Kier molecular flexibility index (Phi) is 5.98. The summed E-state index contributed by atoms with van der Waals surface area (Å²) in [5, 5.41) is 2.12. The smallest absolute Gasteiger partial charge is 0.367 e. The van der Waals surface area contributed by atoms with Gasteiger partial charge in [-0.2, -0.15) is 0 Å². The minimum absolute atomic E-state index is 0.283. The van der Waals surface area contributed by atoms with Gasteiger partial charge in [0, 0.05) is 11.1 Å². The van der Waals surface area contributed by atoms with Crippen molar-refractivity contribution < 1.29 is 9.53 Å². The molecule has 0 aliphatic rings. The zero-order valence-corrected chi connectivity index (χ0v) is 6.68. The highest BCUT2D eigenvalue weighted by atomic mass is 32.2. The molecule has 4 heteroatoms. The Balaban J connectivity index is 3.16. The predicted octanol–water partition coefficient (Wildman–Crippen LogP) is 1.75. The second kappa shape index (κ2) is 6.04. The van der Waals surface area contributed by atoms with Crippen LogP contribution in [-0.4, -0.2) is 23.0 Å². The number of carbonyl (C=O) groups excluding carboxylic acids is 1. The first-order chi connectivity index (χ1) is 4.31. The molecule has 0 fully saturated rings. The lowest BCUT2D eigenvalue weighted by molar-refractivity contribution is 0.181. The summed E-state index contributed by atoms with van der Waals surface area (Å²) < 4.78 is 4.58. The van der Waals surface area contributed by atoms with Gasteiger partial charge in [-0.1, -0.05) is 12.2 Å². The number of hydrogen-bond acceptors (Lipinski definition) is 4. The molecule has 0 saturated heterocycles. The van der Waals surface area contributed by atoms with E-state index in [1.807, 2.05) is 0 Å². The van der Waals surface area contributed by atoms with Crippen LogP contribution in [0.3, 0.4) is 0 Å². The Bertz CT molecular complexity index is 103. The first kappa shape index (κ1) is 8.91. The molecule has 0 bridgehead atoms. The Morgan fingerprint density at radius 2 is 2.56 bits per heavy atom. The van der Waals surface area contributed by atoms with Crippen molar-refractivity contribution in [2.45, 2.75) is 6.92 Å². The van der Waals surface area contributed by atoms with Gasteiger partial charge in [-0.3, -0.25) is 0 Å². The van der Waals surface area contributed by atoms with Crippen molar-refractivity contribution in [1.29, 1.82) is 0 Å². The highest BCUT2D eigenvalue weighted by molar-refractivity contribution is 8.14. The molecule has 9 heavy (non-hydrogen) atoms. The Labute approximate surface area is 64.0 Å². The van der Waals surface area contributed by atoms with Crippen LogP contribution >= 0.6 is 24.0 Å². The summed E-state index contributed by atoms with van der Waals surface area (Å²) in [6.07, 6.45) is 0. The summed E-state index contributed by atoms with van der Waals surface area (Å²) in [5.41, 5.74) is 0. The van der Waals surface area contributed by atoms with Gasteiger partial charge in [-0.05, 0) is 18.7 Å². The molecule has 2 nitrogen and oxygen atoms in total. The van der Waals surface area contributed by atoms with Gasteiger partial charge in [0.2, 0.25) is 0 Å². The maximum absolute atomic E-state index is 10.5. The summed E-state index contributed by atoms with van der Waals surface area (Å²) in [4.78, 5) is 10.5.